The van der Waals surface area contributed by atoms with Gasteiger partial charge >= 0.3 is 0 Å². The zero-order valence-electron chi connectivity index (χ0n) is 7.71. The van der Waals surface area contributed by atoms with Gasteiger partial charge < -0.3 is 10.4 Å². The van der Waals surface area contributed by atoms with E-state index < -0.39 is 0 Å². The maximum Gasteiger partial charge on any atom is 0.217 e. The summed E-state index contributed by atoms with van der Waals surface area (Å²) in [4.78, 5) is 10.7. The van der Waals surface area contributed by atoms with Crippen LogP contribution in [0.2, 0.25) is 0 Å². The lowest BCUT2D eigenvalue weighted by Crippen LogP contribution is -2.40. The lowest BCUT2D eigenvalue weighted by atomic mass is 9.84. The van der Waals surface area contributed by atoms with Gasteiger partial charge in [0.2, 0.25) is 5.91 Å². The average molecular weight is 171 g/mol. The van der Waals surface area contributed by atoms with Gasteiger partial charge in [-0.25, -0.2) is 0 Å². The number of rotatable bonds is 1. The molecule has 70 valence electrons. The molecule has 0 aromatic heterocycles. The van der Waals surface area contributed by atoms with E-state index >= 15 is 0 Å². The molecule has 1 rings (SSSR count). The van der Waals surface area contributed by atoms with Crippen molar-refractivity contribution in [3.8, 4) is 0 Å². The van der Waals surface area contributed by atoms with Crippen LogP contribution in [0.15, 0.2) is 0 Å². The van der Waals surface area contributed by atoms with Gasteiger partial charge in [-0.1, -0.05) is 6.92 Å². The number of amides is 1. The molecule has 1 amide bonds. The molecule has 3 heteroatoms. The van der Waals surface area contributed by atoms with Gasteiger partial charge in [-0.2, -0.15) is 0 Å². The Morgan fingerprint density at radius 1 is 1.50 bits per heavy atom. The van der Waals surface area contributed by atoms with E-state index in [1.165, 1.54) is 6.92 Å². The van der Waals surface area contributed by atoms with Crippen LogP contribution in [0.4, 0.5) is 0 Å². The minimum absolute atomic E-state index is 0.0311. The molecule has 0 aromatic carbocycles. The fourth-order valence-corrected chi connectivity index (χ4v) is 1.80. The van der Waals surface area contributed by atoms with Crippen LogP contribution in [0, 0.1) is 5.92 Å². The largest absolute Gasteiger partial charge is 0.393 e. The summed E-state index contributed by atoms with van der Waals surface area (Å²) in [6.07, 6.45) is 2.45. The van der Waals surface area contributed by atoms with E-state index in [0.29, 0.717) is 5.92 Å². The molecule has 3 unspecified atom stereocenters. The monoisotopic (exact) mass is 171 g/mol. The van der Waals surface area contributed by atoms with Gasteiger partial charge in [-0.3, -0.25) is 4.79 Å². The van der Waals surface area contributed by atoms with Crippen molar-refractivity contribution in [3.05, 3.63) is 0 Å². The molecule has 2 N–H and O–H groups in total. The highest BCUT2D eigenvalue weighted by Gasteiger charge is 2.25. The Balaban J connectivity index is 2.35. The van der Waals surface area contributed by atoms with E-state index in [-0.39, 0.29) is 18.1 Å². The van der Waals surface area contributed by atoms with E-state index in [1.807, 2.05) is 6.92 Å². The van der Waals surface area contributed by atoms with Crippen molar-refractivity contribution in [3.63, 3.8) is 0 Å². The third-order valence-electron chi connectivity index (χ3n) is 2.53. The third-order valence-corrected chi connectivity index (χ3v) is 2.53. The first-order valence-electron chi connectivity index (χ1n) is 4.54. The Kier molecular flexibility index (Phi) is 3.09. The standard InChI is InChI=1S/C9H17NO2/c1-6-5-8(10-7(2)11)3-4-9(6)12/h6,8-9,12H,3-5H2,1-2H3,(H,10,11). The predicted molar refractivity (Wildman–Crippen MR) is 46.6 cm³/mol. The quantitative estimate of drug-likeness (QED) is 0.609. The molecule has 0 heterocycles. The zero-order chi connectivity index (χ0) is 9.14. The molecular weight excluding hydrogens is 154 g/mol. The molecule has 0 aromatic rings. The van der Waals surface area contributed by atoms with E-state index in [0.717, 1.165) is 19.3 Å². The lowest BCUT2D eigenvalue weighted by molar-refractivity contribution is -0.120. The van der Waals surface area contributed by atoms with Crippen molar-refractivity contribution < 1.29 is 9.90 Å². The van der Waals surface area contributed by atoms with E-state index in [4.69, 9.17) is 0 Å². The first-order valence-corrected chi connectivity index (χ1v) is 4.54. The van der Waals surface area contributed by atoms with Gasteiger partial charge in [0, 0.05) is 13.0 Å². The summed E-state index contributed by atoms with van der Waals surface area (Å²) >= 11 is 0. The second-order valence-electron chi connectivity index (χ2n) is 3.76. The maximum atomic E-state index is 10.7. The molecule has 3 nitrogen and oxygen atoms in total. The second kappa shape index (κ2) is 3.90. The van der Waals surface area contributed by atoms with Crippen LogP contribution in [0.3, 0.4) is 0 Å². The molecule has 3 atom stereocenters. The van der Waals surface area contributed by atoms with Crippen LogP contribution in [0.1, 0.15) is 33.1 Å². The Labute approximate surface area is 73.2 Å². The topological polar surface area (TPSA) is 49.3 Å². The molecule has 1 fully saturated rings. The zero-order valence-corrected chi connectivity index (χ0v) is 7.71. The van der Waals surface area contributed by atoms with Gasteiger partial charge in [-0.05, 0) is 25.2 Å². The minimum Gasteiger partial charge on any atom is -0.393 e. The summed E-state index contributed by atoms with van der Waals surface area (Å²) in [6, 6.07) is 0.279. The van der Waals surface area contributed by atoms with Gasteiger partial charge in [0.1, 0.15) is 0 Å². The van der Waals surface area contributed by atoms with Crippen LogP contribution >= 0.6 is 0 Å². The molecule has 0 bridgehead atoms. The van der Waals surface area contributed by atoms with Crippen LogP contribution in [0.25, 0.3) is 0 Å². The summed E-state index contributed by atoms with van der Waals surface area (Å²) in [5.74, 6) is 0.346. The summed E-state index contributed by atoms with van der Waals surface area (Å²) < 4.78 is 0. The molecule has 1 aliphatic rings. The van der Waals surface area contributed by atoms with Crippen molar-refractivity contribution in [2.45, 2.75) is 45.3 Å². The lowest BCUT2D eigenvalue weighted by Gasteiger charge is -2.31. The number of nitrogens with one attached hydrogen (secondary N) is 1. The highest BCUT2D eigenvalue weighted by Crippen LogP contribution is 2.23. The number of aliphatic hydroxyl groups is 1. The molecular formula is C9H17NO2. The number of carbonyl (C=O) groups is 1. The SMILES string of the molecule is CC(=O)NC1CCC(O)C(C)C1. The summed E-state index contributed by atoms with van der Waals surface area (Å²) in [5, 5.41) is 12.3. The van der Waals surface area contributed by atoms with Gasteiger partial charge in [0.05, 0.1) is 6.10 Å². The number of hydrogen-bond donors (Lipinski definition) is 2. The van der Waals surface area contributed by atoms with Crippen LogP contribution in [-0.4, -0.2) is 23.2 Å². The normalized spacial score (nSPS) is 36.1. The highest BCUT2D eigenvalue weighted by molar-refractivity contribution is 5.73. The molecule has 0 aliphatic heterocycles. The van der Waals surface area contributed by atoms with Crippen LogP contribution in [-0.2, 0) is 4.79 Å². The molecule has 1 saturated carbocycles. The van der Waals surface area contributed by atoms with Crippen LogP contribution in [0.5, 0.6) is 0 Å². The second-order valence-corrected chi connectivity index (χ2v) is 3.76. The smallest absolute Gasteiger partial charge is 0.217 e. The number of carbonyl (C=O) groups excluding carboxylic acids is 1. The predicted octanol–water partition coefficient (Wildman–Crippen LogP) is 0.672. The Morgan fingerprint density at radius 3 is 2.67 bits per heavy atom. The number of aliphatic hydroxyl groups excluding tert-OH is 1. The van der Waals surface area contributed by atoms with E-state index in [1.54, 1.807) is 0 Å². The van der Waals surface area contributed by atoms with Crippen molar-refractivity contribution in [2.75, 3.05) is 0 Å². The Bertz CT molecular complexity index is 170. The van der Waals surface area contributed by atoms with Crippen molar-refractivity contribution in [1.29, 1.82) is 0 Å². The molecule has 12 heavy (non-hydrogen) atoms. The minimum atomic E-state index is -0.171. The molecule has 0 spiro atoms. The fraction of sp³-hybridized carbons (Fsp3) is 0.889. The molecule has 0 radical (unpaired) electrons. The van der Waals surface area contributed by atoms with E-state index in [9.17, 15) is 9.90 Å². The van der Waals surface area contributed by atoms with Gasteiger partial charge in [0.15, 0.2) is 0 Å². The van der Waals surface area contributed by atoms with E-state index in [2.05, 4.69) is 5.32 Å². The molecule has 0 saturated heterocycles. The fourth-order valence-electron chi connectivity index (χ4n) is 1.80. The third kappa shape index (κ3) is 2.48. The van der Waals surface area contributed by atoms with Gasteiger partial charge in [0.25, 0.3) is 0 Å². The van der Waals surface area contributed by atoms with Gasteiger partial charge in [-0.15, -0.1) is 0 Å². The average Bonchev–Trinajstić information content (AvgIpc) is 1.96. The Morgan fingerprint density at radius 2 is 2.17 bits per heavy atom. The first-order chi connectivity index (χ1) is 5.59. The van der Waals surface area contributed by atoms with Crippen molar-refractivity contribution in [1.82, 2.24) is 5.32 Å². The summed E-state index contributed by atoms with van der Waals surface area (Å²) in [5.41, 5.74) is 0. The first kappa shape index (κ1) is 9.52. The highest BCUT2D eigenvalue weighted by atomic mass is 16.3. The van der Waals surface area contributed by atoms with Crippen molar-refractivity contribution in [2.24, 2.45) is 5.92 Å². The Hall–Kier alpha value is -0.570. The maximum absolute atomic E-state index is 10.7. The summed E-state index contributed by atoms with van der Waals surface area (Å²) in [6.45, 7) is 3.56. The summed E-state index contributed by atoms with van der Waals surface area (Å²) in [7, 11) is 0. The van der Waals surface area contributed by atoms with Crippen LogP contribution < -0.4 is 5.32 Å². The molecule has 1 aliphatic carbocycles. The van der Waals surface area contributed by atoms with Crippen molar-refractivity contribution >= 4 is 5.91 Å². The number of hydrogen-bond acceptors (Lipinski definition) is 2.